The van der Waals surface area contributed by atoms with E-state index in [2.05, 4.69) is 6.58 Å². The Balaban J connectivity index is 0.000000346. The van der Waals surface area contributed by atoms with Crippen LogP contribution in [0.25, 0.3) is 0 Å². The minimum atomic E-state index is -1.08. The molecule has 0 saturated heterocycles. The fourth-order valence-corrected chi connectivity index (χ4v) is 1.75. The van der Waals surface area contributed by atoms with Crippen molar-refractivity contribution in [3.63, 3.8) is 0 Å². The second kappa shape index (κ2) is 10.5. The Morgan fingerprint density at radius 2 is 1.68 bits per heavy atom. The van der Waals surface area contributed by atoms with E-state index in [-0.39, 0.29) is 5.78 Å². The summed E-state index contributed by atoms with van der Waals surface area (Å²) in [5, 5.41) is 9.89. The molecule has 22 heavy (non-hydrogen) atoms. The molecule has 3 nitrogen and oxygen atoms in total. The van der Waals surface area contributed by atoms with Gasteiger partial charge < -0.3 is 9.84 Å². The summed E-state index contributed by atoms with van der Waals surface area (Å²) in [5.74, 6) is -0.271. The molecule has 1 unspecified atom stereocenters. The fourth-order valence-electron chi connectivity index (χ4n) is 1.75. The van der Waals surface area contributed by atoms with Crippen molar-refractivity contribution in [2.45, 2.75) is 13.0 Å². The summed E-state index contributed by atoms with van der Waals surface area (Å²) in [5.41, 5.74) is 1.15. The van der Waals surface area contributed by atoms with Crippen molar-refractivity contribution in [2.24, 2.45) is 0 Å². The lowest BCUT2D eigenvalue weighted by Crippen LogP contribution is -2.11. The topological polar surface area (TPSA) is 46.5 Å². The quantitative estimate of drug-likeness (QED) is 0.501. The third-order valence-corrected chi connectivity index (χ3v) is 2.86. The van der Waals surface area contributed by atoms with Crippen molar-refractivity contribution in [1.29, 1.82) is 0 Å². The Morgan fingerprint density at radius 1 is 1.14 bits per heavy atom. The third kappa shape index (κ3) is 6.04. The molecule has 3 heteroatoms. The number of carbonyl (C=O) groups is 1. The first-order valence-corrected chi connectivity index (χ1v) is 7.21. The average Bonchev–Trinajstić information content (AvgIpc) is 2.60. The predicted octanol–water partition coefficient (Wildman–Crippen LogP) is 3.81. The van der Waals surface area contributed by atoms with Crippen LogP contribution >= 0.6 is 0 Å². The first kappa shape index (κ1) is 17.8. The van der Waals surface area contributed by atoms with Crippen molar-refractivity contribution < 1.29 is 14.6 Å². The van der Waals surface area contributed by atoms with Crippen LogP contribution in [0.2, 0.25) is 0 Å². The lowest BCUT2D eigenvalue weighted by Gasteiger charge is -2.09. The molecule has 0 heterocycles. The van der Waals surface area contributed by atoms with Crippen LogP contribution in [-0.4, -0.2) is 24.1 Å². The van der Waals surface area contributed by atoms with E-state index in [9.17, 15) is 9.90 Å². The molecule has 0 aliphatic rings. The maximum absolute atomic E-state index is 11.9. The zero-order valence-corrected chi connectivity index (χ0v) is 12.8. The second-order valence-electron chi connectivity index (χ2n) is 4.49. The number of ether oxygens (including phenoxy) is 1. The van der Waals surface area contributed by atoms with Crippen LogP contribution in [0, 0.1) is 0 Å². The summed E-state index contributed by atoms with van der Waals surface area (Å²) in [6, 6.07) is 17.7. The van der Waals surface area contributed by atoms with Gasteiger partial charge in [-0.2, -0.15) is 0 Å². The monoisotopic (exact) mass is 298 g/mol. The number of benzene rings is 2. The van der Waals surface area contributed by atoms with Gasteiger partial charge in [0, 0.05) is 12.2 Å². The van der Waals surface area contributed by atoms with Gasteiger partial charge >= 0.3 is 0 Å². The van der Waals surface area contributed by atoms with E-state index in [1.807, 2.05) is 19.1 Å². The van der Waals surface area contributed by atoms with Gasteiger partial charge in [0.2, 0.25) is 0 Å². The summed E-state index contributed by atoms with van der Waals surface area (Å²) >= 11 is 0. The second-order valence-corrected chi connectivity index (χ2v) is 4.49. The Bertz CT molecular complexity index is 549. The molecule has 0 fully saturated rings. The summed E-state index contributed by atoms with van der Waals surface area (Å²) in [6.45, 7) is 6.90. The van der Waals surface area contributed by atoms with Crippen molar-refractivity contribution in [2.75, 3.05) is 13.2 Å². The van der Waals surface area contributed by atoms with Crippen LogP contribution in [-0.2, 0) is 4.74 Å². The van der Waals surface area contributed by atoms with Gasteiger partial charge in [-0.25, -0.2) is 0 Å². The molecule has 0 bridgehead atoms. The highest BCUT2D eigenvalue weighted by atomic mass is 16.5. The van der Waals surface area contributed by atoms with Crippen LogP contribution < -0.4 is 0 Å². The Kier molecular flexibility index (Phi) is 8.50. The molecule has 2 rings (SSSR count). The standard InChI is InChI=1S/C14H12O2.C5H10O/c15-13(11-7-3-1-4-8-11)14(16)12-9-5-2-6-10-12;1-3-5-6-4-2/h1-10,13,15H;3H,1,4-5H2,2H3. The molecule has 0 saturated carbocycles. The molecule has 0 aromatic heterocycles. The van der Waals surface area contributed by atoms with E-state index in [1.54, 1.807) is 54.6 Å². The normalized spacial score (nSPS) is 11.0. The Hall–Kier alpha value is -2.23. The zero-order chi connectivity index (χ0) is 16.2. The summed E-state index contributed by atoms with van der Waals surface area (Å²) in [4.78, 5) is 11.9. The minimum Gasteiger partial charge on any atom is -0.380 e. The number of hydrogen-bond acceptors (Lipinski definition) is 3. The number of ketones is 1. The van der Waals surface area contributed by atoms with E-state index in [1.165, 1.54) is 0 Å². The highest BCUT2D eigenvalue weighted by Crippen LogP contribution is 2.17. The van der Waals surface area contributed by atoms with E-state index in [0.717, 1.165) is 6.61 Å². The summed E-state index contributed by atoms with van der Waals surface area (Å²) in [6.07, 6.45) is 0.660. The van der Waals surface area contributed by atoms with E-state index in [4.69, 9.17) is 4.74 Å². The number of hydrogen-bond donors (Lipinski definition) is 1. The molecule has 2 aromatic rings. The smallest absolute Gasteiger partial charge is 0.195 e. The first-order valence-electron chi connectivity index (χ1n) is 7.21. The fraction of sp³-hybridized carbons (Fsp3) is 0.211. The minimum absolute atomic E-state index is 0.271. The molecule has 1 atom stereocenters. The molecule has 2 aromatic carbocycles. The Morgan fingerprint density at radius 3 is 2.14 bits per heavy atom. The highest BCUT2D eigenvalue weighted by molar-refractivity contribution is 5.99. The molecule has 0 amide bonds. The van der Waals surface area contributed by atoms with Crippen molar-refractivity contribution in [3.8, 4) is 0 Å². The van der Waals surface area contributed by atoms with Crippen LogP contribution in [0.3, 0.4) is 0 Å². The van der Waals surface area contributed by atoms with E-state index in [0.29, 0.717) is 17.7 Å². The molecule has 0 aliphatic carbocycles. The van der Waals surface area contributed by atoms with Crippen LogP contribution in [0.1, 0.15) is 28.9 Å². The Labute approximate surface area is 131 Å². The van der Waals surface area contributed by atoms with Gasteiger partial charge in [0.1, 0.15) is 6.10 Å². The lowest BCUT2D eigenvalue weighted by atomic mass is 10.0. The van der Waals surface area contributed by atoms with Gasteiger partial charge in [-0.3, -0.25) is 4.79 Å². The molecule has 0 radical (unpaired) electrons. The van der Waals surface area contributed by atoms with Gasteiger partial charge in [0.15, 0.2) is 5.78 Å². The number of Topliss-reactive ketones (excluding diaryl/α,β-unsaturated/α-hetero) is 1. The molecule has 1 N–H and O–H groups in total. The van der Waals surface area contributed by atoms with Crippen LogP contribution in [0.15, 0.2) is 73.3 Å². The van der Waals surface area contributed by atoms with Gasteiger partial charge in [-0.1, -0.05) is 66.7 Å². The number of aliphatic hydroxyl groups excluding tert-OH is 1. The van der Waals surface area contributed by atoms with Crippen molar-refractivity contribution >= 4 is 5.78 Å². The number of rotatable bonds is 6. The molecule has 116 valence electrons. The largest absolute Gasteiger partial charge is 0.380 e. The predicted molar refractivity (Wildman–Crippen MR) is 88.9 cm³/mol. The van der Waals surface area contributed by atoms with E-state index >= 15 is 0 Å². The SMILES string of the molecule is C=CCOCC.O=C(c1ccccc1)C(O)c1ccccc1. The number of aliphatic hydroxyl groups is 1. The zero-order valence-electron chi connectivity index (χ0n) is 12.8. The molecule has 0 spiro atoms. The molecular weight excluding hydrogens is 276 g/mol. The van der Waals surface area contributed by atoms with Crippen LogP contribution in [0.4, 0.5) is 0 Å². The van der Waals surface area contributed by atoms with Gasteiger partial charge in [-0.15, -0.1) is 6.58 Å². The van der Waals surface area contributed by atoms with Gasteiger partial charge in [-0.05, 0) is 12.5 Å². The summed E-state index contributed by atoms with van der Waals surface area (Å²) < 4.78 is 4.86. The van der Waals surface area contributed by atoms with E-state index < -0.39 is 6.10 Å². The van der Waals surface area contributed by atoms with Crippen molar-refractivity contribution in [3.05, 3.63) is 84.4 Å². The first-order chi connectivity index (χ1) is 10.7. The third-order valence-electron chi connectivity index (χ3n) is 2.86. The highest BCUT2D eigenvalue weighted by Gasteiger charge is 2.18. The number of carbonyl (C=O) groups excluding carboxylic acids is 1. The van der Waals surface area contributed by atoms with Crippen LogP contribution in [0.5, 0.6) is 0 Å². The maximum atomic E-state index is 11.9. The van der Waals surface area contributed by atoms with Gasteiger partial charge in [0.05, 0.1) is 6.61 Å². The molecular formula is C19H22O3. The van der Waals surface area contributed by atoms with Gasteiger partial charge in [0.25, 0.3) is 0 Å². The van der Waals surface area contributed by atoms with Crippen molar-refractivity contribution in [1.82, 2.24) is 0 Å². The average molecular weight is 298 g/mol. The maximum Gasteiger partial charge on any atom is 0.195 e. The summed E-state index contributed by atoms with van der Waals surface area (Å²) in [7, 11) is 0. The lowest BCUT2D eigenvalue weighted by molar-refractivity contribution is 0.0747. The molecule has 0 aliphatic heterocycles.